The van der Waals surface area contributed by atoms with Crippen LogP contribution in [0.5, 0.6) is 0 Å². The number of amides is 3. The molecule has 0 aromatic heterocycles. The fourth-order valence-electron chi connectivity index (χ4n) is 4.27. The summed E-state index contributed by atoms with van der Waals surface area (Å²) >= 11 is 0. The van der Waals surface area contributed by atoms with E-state index in [1.54, 1.807) is 0 Å². The van der Waals surface area contributed by atoms with Crippen molar-refractivity contribution in [2.75, 3.05) is 36.5 Å². The highest BCUT2D eigenvalue weighted by molar-refractivity contribution is 6.07. The van der Waals surface area contributed by atoms with Crippen LogP contribution in [-0.2, 0) is 23.9 Å². The number of ether oxygens (including phenoxy) is 1. The zero-order chi connectivity index (χ0) is 21.1. The fourth-order valence-corrected chi connectivity index (χ4v) is 4.27. The Morgan fingerprint density at radius 2 is 1.57 bits per heavy atom. The first kappa shape index (κ1) is 20.1. The molecule has 0 bridgehead atoms. The lowest BCUT2D eigenvalue weighted by Crippen LogP contribution is -2.37. The van der Waals surface area contributed by atoms with Crippen molar-refractivity contribution in [3.05, 3.63) is 36.4 Å². The molecule has 2 heterocycles. The van der Waals surface area contributed by atoms with Gasteiger partial charge < -0.3 is 15.0 Å². The van der Waals surface area contributed by atoms with Gasteiger partial charge in [0.2, 0.25) is 11.8 Å². The number of anilines is 2. The molecule has 3 aliphatic rings. The number of nitrogens with one attached hydrogen (secondary N) is 1. The third-order valence-corrected chi connectivity index (χ3v) is 5.87. The van der Waals surface area contributed by atoms with Gasteiger partial charge in [0.15, 0.2) is 6.61 Å². The molecule has 2 aliphatic heterocycles. The van der Waals surface area contributed by atoms with E-state index in [0.29, 0.717) is 18.5 Å². The molecule has 2 atom stereocenters. The van der Waals surface area contributed by atoms with E-state index in [2.05, 4.69) is 10.2 Å². The predicted octanol–water partition coefficient (Wildman–Crippen LogP) is 1.72. The molecular formula is C22H25N3O5. The molecule has 1 N–H and O–H groups in total. The summed E-state index contributed by atoms with van der Waals surface area (Å²) in [5.41, 5.74) is 1.73. The minimum atomic E-state index is -0.775. The van der Waals surface area contributed by atoms with Crippen molar-refractivity contribution in [2.45, 2.75) is 25.7 Å². The van der Waals surface area contributed by atoms with E-state index in [4.69, 9.17) is 4.74 Å². The Labute approximate surface area is 174 Å². The summed E-state index contributed by atoms with van der Waals surface area (Å²) in [5, 5.41) is 2.68. The maximum atomic E-state index is 12.4. The number of allylic oxidation sites excluding steroid dienone is 2. The van der Waals surface area contributed by atoms with Gasteiger partial charge in [-0.05, 0) is 49.9 Å². The number of nitrogens with zero attached hydrogens (tertiary/aromatic N) is 2. The van der Waals surface area contributed by atoms with E-state index in [0.717, 1.165) is 23.7 Å². The van der Waals surface area contributed by atoms with Crippen molar-refractivity contribution < 1.29 is 23.9 Å². The topological polar surface area (TPSA) is 96.0 Å². The Morgan fingerprint density at radius 3 is 2.17 bits per heavy atom. The van der Waals surface area contributed by atoms with Crippen molar-refractivity contribution in [2.24, 2.45) is 11.8 Å². The van der Waals surface area contributed by atoms with Crippen LogP contribution < -0.4 is 10.2 Å². The largest absolute Gasteiger partial charge is 0.454 e. The molecule has 8 nitrogen and oxygen atoms in total. The van der Waals surface area contributed by atoms with E-state index < -0.39 is 25.0 Å². The minimum Gasteiger partial charge on any atom is -0.454 e. The zero-order valence-corrected chi connectivity index (χ0v) is 16.7. The molecule has 4 rings (SSSR count). The van der Waals surface area contributed by atoms with Gasteiger partial charge in [0.05, 0.1) is 11.8 Å². The second-order valence-corrected chi connectivity index (χ2v) is 7.87. The number of rotatable bonds is 6. The summed E-state index contributed by atoms with van der Waals surface area (Å²) in [7, 11) is 0. The minimum absolute atomic E-state index is 0.339. The lowest BCUT2D eigenvalue weighted by Gasteiger charge is -2.17. The number of hydrogen-bond donors (Lipinski definition) is 1. The van der Waals surface area contributed by atoms with E-state index in [1.807, 2.05) is 36.4 Å². The summed E-state index contributed by atoms with van der Waals surface area (Å²) in [6, 6.07) is 7.52. The molecule has 2 fully saturated rings. The quantitative estimate of drug-likeness (QED) is 0.435. The highest BCUT2D eigenvalue weighted by Crippen LogP contribution is 2.34. The number of esters is 1. The van der Waals surface area contributed by atoms with Crippen LogP contribution in [0.15, 0.2) is 36.4 Å². The SMILES string of the molecule is O=C(COC(=O)CN1C(=O)[C@@H]2CC=CC[C@H]2C1=O)Nc1ccc(N2CCCC2)cc1. The molecule has 0 spiro atoms. The van der Waals surface area contributed by atoms with Crippen molar-refractivity contribution in [3.8, 4) is 0 Å². The van der Waals surface area contributed by atoms with Gasteiger partial charge >= 0.3 is 5.97 Å². The maximum absolute atomic E-state index is 12.4. The summed E-state index contributed by atoms with van der Waals surface area (Å²) in [6.07, 6.45) is 7.18. The van der Waals surface area contributed by atoms with Crippen molar-refractivity contribution >= 4 is 35.1 Å². The molecule has 30 heavy (non-hydrogen) atoms. The second-order valence-electron chi connectivity index (χ2n) is 7.87. The molecule has 2 saturated heterocycles. The van der Waals surface area contributed by atoms with E-state index in [9.17, 15) is 19.2 Å². The Kier molecular flexibility index (Phi) is 5.83. The molecule has 0 saturated carbocycles. The molecular weight excluding hydrogens is 386 g/mol. The molecule has 0 radical (unpaired) electrons. The van der Waals surface area contributed by atoms with Crippen LogP contribution in [0.4, 0.5) is 11.4 Å². The Bertz CT molecular complexity index is 847. The molecule has 8 heteroatoms. The van der Waals surface area contributed by atoms with E-state index in [-0.39, 0.29) is 23.7 Å². The van der Waals surface area contributed by atoms with Crippen LogP contribution in [-0.4, -0.2) is 54.8 Å². The van der Waals surface area contributed by atoms with Crippen molar-refractivity contribution in [1.82, 2.24) is 4.90 Å². The average Bonchev–Trinajstić information content (AvgIpc) is 3.37. The third kappa shape index (κ3) is 4.22. The summed E-state index contributed by atoms with van der Waals surface area (Å²) < 4.78 is 4.97. The third-order valence-electron chi connectivity index (χ3n) is 5.87. The fraction of sp³-hybridized carbons (Fsp3) is 0.455. The van der Waals surface area contributed by atoms with Crippen molar-refractivity contribution in [1.29, 1.82) is 0 Å². The number of likely N-dealkylation sites (tertiary alicyclic amines) is 1. The monoisotopic (exact) mass is 411 g/mol. The second kappa shape index (κ2) is 8.69. The van der Waals surface area contributed by atoms with Crippen LogP contribution in [0.2, 0.25) is 0 Å². The van der Waals surface area contributed by atoms with Gasteiger partial charge in [-0.25, -0.2) is 0 Å². The summed E-state index contributed by atoms with van der Waals surface area (Å²) in [5.74, 6) is -2.70. The van der Waals surface area contributed by atoms with Crippen LogP contribution in [0.25, 0.3) is 0 Å². The molecule has 1 aliphatic carbocycles. The van der Waals surface area contributed by atoms with Crippen LogP contribution in [0, 0.1) is 11.8 Å². The molecule has 1 aromatic carbocycles. The first-order valence-electron chi connectivity index (χ1n) is 10.3. The summed E-state index contributed by atoms with van der Waals surface area (Å²) in [4.78, 5) is 52.1. The number of imide groups is 1. The summed E-state index contributed by atoms with van der Waals surface area (Å²) in [6.45, 7) is 1.16. The Hall–Kier alpha value is -3.16. The molecule has 1 aromatic rings. The number of carbonyl (C=O) groups excluding carboxylic acids is 4. The molecule has 0 unspecified atom stereocenters. The average molecular weight is 411 g/mol. The van der Waals surface area contributed by atoms with Crippen molar-refractivity contribution in [3.63, 3.8) is 0 Å². The lowest BCUT2D eigenvalue weighted by molar-refractivity contribution is -0.154. The van der Waals surface area contributed by atoms with Crippen LogP contribution in [0.1, 0.15) is 25.7 Å². The van der Waals surface area contributed by atoms with Gasteiger partial charge in [-0.15, -0.1) is 0 Å². The van der Waals surface area contributed by atoms with Gasteiger partial charge in [-0.1, -0.05) is 12.2 Å². The van der Waals surface area contributed by atoms with Gasteiger partial charge in [0, 0.05) is 24.5 Å². The standard InChI is InChI=1S/C22H25N3O5/c26-19(23-15-7-9-16(10-8-15)24-11-3-4-12-24)14-30-20(27)13-25-21(28)17-5-1-2-6-18(17)22(25)29/h1-2,7-10,17-18H,3-6,11-14H2,(H,23,26)/t17-,18-/m1/s1. The number of benzene rings is 1. The highest BCUT2D eigenvalue weighted by atomic mass is 16.5. The Balaban J connectivity index is 1.23. The van der Waals surface area contributed by atoms with E-state index >= 15 is 0 Å². The first-order valence-corrected chi connectivity index (χ1v) is 10.3. The maximum Gasteiger partial charge on any atom is 0.326 e. The number of fused-ring (bicyclic) bond motifs is 1. The zero-order valence-electron chi connectivity index (χ0n) is 16.7. The molecule has 158 valence electrons. The normalized spacial score (nSPS) is 22.9. The smallest absolute Gasteiger partial charge is 0.326 e. The van der Waals surface area contributed by atoms with Gasteiger partial charge in [-0.3, -0.25) is 24.1 Å². The number of carbonyl (C=O) groups is 4. The molecule has 3 amide bonds. The van der Waals surface area contributed by atoms with Gasteiger partial charge in [0.25, 0.3) is 5.91 Å². The van der Waals surface area contributed by atoms with E-state index in [1.165, 1.54) is 12.8 Å². The Morgan fingerprint density at radius 1 is 0.967 bits per heavy atom. The lowest BCUT2D eigenvalue weighted by atomic mass is 9.85. The highest BCUT2D eigenvalue weighted by Gasteiger charge is 2.47. The number of hydrogen-bond acceptors (Lipinski definition) is 6. The van der Waals surface area contributed by atoms with Gasteiger partial charge in [-0.2, -0.15) is 0 Å². The van der Waals surface area contributed by atoms with Crippen LogP contribution >= 0.6 is 0 Å². The predicted molar refractivity (Wildman–Crippen MR) is 110 cm³/mol. The first-order chi connectivity index (χ1) is 14.5. The van der Waals surface area contributed by atoms with Gasteiger partial charge in [0.1, 0.15) is 6.54 Å². The van der Waals surface area contributed by atoms with Crippen LogP contribution in [0.3, 0.4) is 0 Å².